The molecule has 0 aliphatic carbocycles. The van der Waals surface area contributed by atoms with E-state index in [4.69, 9.17) is 8.92 Å². The Hall–Kier alpha value is -0.510. The first-order valence-corrected chi connectivity index (χ1v) is 6.36. The highest BCUT2D eigenvalue weighted by Crippen LogP contribution is 2.13. The van der Waals surface area contributed by atoms with Gasteiger partial charge in [-0.1, -0.05) is 43.7 Å². The largest absolute Gasteiger partial charge is 0.347 e. The van der Waals surface area contributed by atoms with Gasteiger partial charge in [-0.05, 0) is 24.0 Å². The maximum atomic E-state index is 5.67. The fraction of sp³-hybridized carbons (Fsp3) is 0.500. The van der Waals surface area contributed by atoms with Crippen LogP contribution in [0.3, 0.4) is 0 Å². The molecule has 0 N–H and O–H groups in total. The van der Waals surface area contributed by atoms with Crippen LogP contribution in [0.2, 0.25) is 0 Å². The highest BCUT2D eigenvalue weighted by atomic mass is 32.2. The number of benzene rings is 1. The van der Waals surface area contributed by atoms with Gasteiger partial charge in [0.2, 0.25) is 0 Å². The van der Waals surface area contributed by atoms with Crippen molar-refractivity contribution in [1.29, 1.82) is 0 Å². The van der Waals surface area contributed by atoms with E-state index in [1.54, 1.807) is 0 Å². The predicted octanol–water partition coefficient (Wildman–Crippen LogP) is 3.62. The molecule has 0 amide bonds. The summed E-state index contributed by atoms with van der Waals surface area (Å²) in [6.45, 7) is 2.74. The fourth-order valence-corrected chi connectivity index (χ4v) is 1.63. The molecule has 1 rings (SSSR count). The van der Waals surface area contributed by atoms with Gasteiger partial charge in [0.25, 0.3) is 0 Å². The third kappa shape index (κ3) is 5.21. The minimum atomic E-state index is -0.0924. The molecule has 1 unspecified atom stereocenters. The van der Waals surface area contributed by atoms with E-state index in [0.717, 1.165) is 12.8 Å². The van der Waals surface area contributed by atoms with E-state index in [9.17, 15) is 0 Å². The molecule has 0 heterocycles. The van der Waals surface area contributed by atoms with E-state index in [-0.39, 0.29) is 6.29 Å². The van der Waals surface area contributed by atoms with E-state index in [2.05, 4.69) is 19.1 Å². The number of hydrogen-bond donors (Lipinski definition) is 0. The third-order valence-corrected chi connectivity index (χ3v) is 2.41. The molecule has 84 valence electrons. The Morgan fingerprint density at radius 3 is 2.60 bits per heavy atom. The molecule has 0 aliphatic rings. The maximum Gasteiger partial charge on any atom is 0.170 e. The van der Waals surface area contributed by atoms with Crippen LogP contribution in [0.25, 0.3) is 0 Å². The van der Waals surface area contributed by atoms with E-state index < -0.39 is 0 Å². The lowest BCUT2D eigenvalue weighted by molar-refractivity contribution is -0.0829. The normalized spacial score (nSPS) is 12.7. The lowest BCUT2D eigenvalue weighted by Crippen LogP contribution is -2.13. The van der Waals surface area contributed by atoms with Crippen molar-refractivity contribution in [3.63, 3.8) is 0 Å². The van der Waals surface area contributed by atoms with Gasteiger partial charge in [-0.25, -0.2) is 0 Å². The summed E-state index contributed by atoms with van der Waals surface area (Å²) < 4.78 is 11.1. The lowest BCUT2D eigenvalue weighted by atomic mass is 10.2. The van der Waals surface area contributed by atoms with Crippen molar-refractivity contribution >= 4 is 12.0 Å². The smallest absolute Gasteiger partial charge is 0.170 e. The summed E-state index contributed by atoms with van der Waals surface area (Å²) >= 11 is 1.36. The van der Waals surface area contributed by atoms with Crippen LogP contribution in [-0.4, -0.2) is 12.5 Å². The first kappa shape index (κ1) is 12.6. The SMILES string of the molecule is CCCC(OCc1ccccc1)OSC. The summed E-state index contributed by atoms with van der Waals surface area (Å²) in [6.07, 6.45) is 3.83. The second-order valence-electron chi connectivity index (χ2n) is 3.28. The van der Waals surface area contributed by atoms with E-state index >= 15 is 0 Å². The van der Waals surface area contributed by atoms with Crippen LogP contribution in [-0.2, 0) is 15.5 Å². The Bertz CT molecular complexity index is 245. The van der Waals surface area contributed by atoms with Gasteiger partial charge in [-0.3, -0.25) is 4.18 Å². The summed E-state index contributed by atoms with van der Waals surface area (Å²) in [4.78, 5) is 0. The Morgan fingerprint density at radius 1 is 1.27 bits per heavy atom. The van der Waals surface area contributed by atoms with Crippen LogP contribution in [0.15, 0.2) is 30.3 Å². The van der Waals surface area contributed by atoms with Crippen LogP contribution >= 0.6 is 12.0 Å². The fourth-order valence-electron chi connectivity index (χ4n) is 1.27. The molecule has 0 aromatic heterocycles. The highest BCUT2D eigenvalue weighted by molar-refractivity contribution is 7.93. The van der Waals surface area contributed by atoms with Crippen LogP contribution in [0.1, 0.15) is 25.3 Å². The molecule has 0 aliphatic heterocycles. The van der Waals surface area contributed by atoms with Gasteiger partial charge < -0.3 is 4.74 Å². The topological polar surface area (TPSA) is 18.5 Å². The summed E-state index contributed by atoms with van der Waals surface area (Å²) in [5, 5.41) is 0. The van der Waals surface area contributed by atoms with Gasteiger partial charge in [-0.2, -0.15) is 0 Å². The van der Waals surface area contributed by atoms with Gasteiger partial charge in [0.1, 0.15) is 0 Å². The molecule has 0 saturated carbocycles. The molecule has 2 nitrogen and oxygen atoms in total. The van der Waals surface area contributed by atoms with Crippen molar-refractivity contribution in [1.82, 2.24) is 0 Å². The molecule has 0 radical (unpaired) electrons. The Balaban J connectivity index is 2.33. The standard InChI is InChI=1S/C12H18O2S/c1-3-7-12(14-15-2)13-10-11-8-5-4-6-9-11/h4-6,8-9,12H,3,7,10H2,1-2H3. The van der Waals surface area contributed by atoms with Gasteiger partial charge >= 0.3 is 0 Å². The second kappa shape index (κ2) is 7.74. The van der Waals surface area contributed by atoms with Crippen molar-refractivity contribution in [3.05, 3.63) is 35.9 Å². The minimum Gasteiger partial charge on any atom is -0.347 e. The maximum absolute atomic E-state index is 5.67. The Labute approximate surface area is 96.2 Å². The number of ether oxygens (including phenoxy) is 1. The van der Waals surface area contributed by atoms with Gasteiger partial charge in [-0.15, -0.1) is 0 Å². The first-order valence-electron chi connectivity index (χ1n) is 5.21. The second-order valence-corrected chi connectivity index (χ2v) is 3.80. The van der Waals surface area contributed by atoms with Gasteiger partial charge in [0, 0.05) is 6.26 Å². The highest BCUT2D eigenvalue weighted by Gasteiger charge is 2.07. The minimum absolute atomic E-state index is 0.0924. The predicted molar refractivity (Wildman–Crippen MR) is 64.5 cm³/mol. The lowest BCUT2D eigenvalue weighted by Gasteiger charge is -2.15. The summed E-state index contributed by atoms with van der Waals surface area (Å²) in [5.74, 6) is 0. The number of rotatable bonds is 7. The molecule has 0 saturated heterocycles. The molecule has 0 bridgehead atoms. The van der Waals surface area contributed by atoms with E-state index in [0.29, 0.717) is 6.61 Å². The van der Waals surface area contributed by atoms with Crippen molar-refractivity contribution in [2.75, 3.05) is 6.26 Å². The zero-order valence-corrected chi connectivity index (χ0v) is 10.1. The van der Waals surface area contributed by atoms with Crippen LogP contribution in [0.5, 0.6) is 0 Å². The van der Waals surface area contributed by atoms with Crippen molar-refractivity contribution < 1.29 is 8.92 Å². The first-order chi connectivity index (χ1) is 7.36. The van der Waals surface area contributed by atoms with Crippen molar-refractivity contribution in [2.45, 2.75) is 32.7 Å². The summed E-state index contributed by atoms with van der Waals surface area (Å²) in [6, 6.07) is 10.2. The summed E-state index contributed by atoms with van der Waals surface area (Å²) in [7, 11) is 0. The Morgan fingerprint density at radius 2 is 2.00 bits per heavy atom. The van der Waals surface area contributed by atoms with Crippen LogP contribution in [0, 0.1) is 0 Å². The molecule has 3 heteroatoms. The van der Waals surface area contributed by atoms with Crippen molar-refractivity contribution in [2.24, 2.45) is 0 Å². The monoisotopic (exact) mass is 226 g/mol. The van der Waals surface area contributed by atoms with E-state index in [1.807, 2.05) is 24.5 Å². The van der Waals surface area contributed by atoms with E-state index in [1.165, 1.54) is 17.6 Å². The molecule has 1 aromatic carbocycles. The molecule has 1 atom stereocenters. The zero-order valence-electron chi connectivity index (χ0n) is 9.31. The molecule has 0 fully saturated rings. The van der Waals surface area contributed by atoms with Crippen LogP contribution < -0.4 is 0 Å². The molecule has 1 aromatic rings. The average molecular weight is 226 g/mol. The molecule has 0 spiro atoms. The van der Waals surface area contributed by atoms with Gasteiger partial charge in [0.15, 0.2) is 6.29 Å². The summed E-state index contributed by atoms with van der Waals surface area (Å²) in [5.41, 5.74) is 1.18. The number of hydrogen-bond acceptors (Lipinski definition) is 3. The average Bonchev–Trinajstić information content (AvgIpc) is 2.28. The third-order valence-electron chi connectivity index (χ3n) is 2.01. The zero-order chi connectivity index (χ0) is 10.9. The quantitative estimate of drug-likeness (QED) is 0.522. The van der Waals surface area contributed by atoms with Crippen molar-refractivity contribution in [3.8, 4) is 0 Å². The van der Waals surface area contributed by atoms with Gasteiger partial charge in [0.05, 0.1) is 6.61 Å². The molecular weight excluding hydrogens is 208 g/mol. The molecule has 15 heavy (non-hydrogen) atoms. The van der Waals surface area contributed by atoms with Crippen LogP contribution in [0.4, 0.5) is 0 Å². The molecular formula is C12H18O2S. The Kier molecular flexibility index (Phi) is 6.48.